The number of hydrogen-bond acceptors (Lipinski definition) is 8. The lowest BCUT2D eigenvalue weighted by molar-refractivity contribution is -0.138. The summed E-state index contributed by atoms with van der Waals surface area (Å²) in [5.41, 5.74) is 11.5. The van der Waals surface area contributed by atoms with E-state index in [2.05, 4.69) is 48.5 Å². The first-order valence-corrected chi connectivity index (χ1v) is 20.9. The largest absolute Gasteiger partial charge is 0.481 e. The Morgan fingerprint density at radius 3 is 1.72 bits per heavy atom. The second-order valence-corrected chi connectivity index (χ2v) is 15.2. The number of nitrogens with one attached hydrogen (secondary N) is 6. The van der Waals surface area contributed by atoms with Gasteiger partial charge < -0.3 is 48.1 Å². The first-order valence-electron chi connectivity index (χ1n) is 20.9. The van der Waals surface area contributed by atoms with Gasteiger partial charge in [0.25, 0.3) is 0 Å². The van der Waals surface area contributed by atoms with Crippen LogP contribution in [0.2, 0.25) is 0 Å². The van der Waals surface area contributed by atoms with Gasteiger partial charge in [0.15, 0.2) is 5.96 Å². The van der Waals surface area contributed by atoms with Gasteiger partial charge in [-0.3, -0.25) is 33.8 Å². The predicted molar refractivity (Wildman–Crippen MR) is 221 cm³/mol. The van der Waals surface area contributed by atoms with Crippen molar-refractivity contribution >= 4 is 41.5 Å². The van der Waals surface area contributed by atoms with Gasteiger partial charge in [-0.25, -0.2) is 4.98 Å². The number of nitrogens with two attached hydrogens (primary N) is 2. The molecule has 17 heteroatoms. The highest BCUT2D eigenvalue weighted by molar-refractivity contribution is 5.95. The van der Waals surface area contributed by atoms with Crippen molar-refractivity contribution in [1.29, 1.82) is 0 Å². The molecular weight excluding hydrogens is 733 g/mol. The lowest BCUT2D eigenvalue weighted by Crippen LogP contribution is -2.58. The number of carboxylic acid groups (broad SMARTS) is 1. The molecule has 1 aromatic heterocycles. The van der Waals surface area contributed by atoms with E-state index in [9.17, 15) is 33.9 Å². The van der Waals surface area contributed by atoms with E-state index in [0.717, 1.165) is 19.3 Å². The molecule has 0 bridgehead atoms. The topological polar surface area (TPSA) is 276 Å². The fourth-order valence-electron chi connectivity index (χ4n) is 6.40. The van der Waals surface area contributed by atoms with Crippen molar-refractivity contribution in [2.75, 3.05) is 13.6 Å². The van der Waals surface area contributed by atoms with Crippen molar-refractivity contribution < 1.29 is 33.9 Å². The average molecular weight is 805 g/mol. The third kappa shape index (κ3) is 24.5. The molecule has 0 aliphatic rings. The van der Waals surface area contributed by atoms with Crippen LogP contribution in [0.4, 0.5) is 0 Å². The number of carboxylic acids is 1. The molecule has 4 atom stereocenters. The number of aliphatic imine (C=N–C) groups is 1. The third-order valence-corrected chi connectivity index (χ3v) is 9.58. The number of carbonyl (C=O) groups is 6. The third-order valence-electron chi connectivity index (χ3n) is 9.58. The number of hydrogen-bond donors (Lipinski definition) is 9. The van der Waals surface area contributed by atoms with E-state index in [0.29, 0.717) is 12.1 Å². The lowest BCUT2D eigenvalue weighted by atomic mass is 10.0. The van der Waals surface area contributed by atoms with Crippen LogP contribution in [-0.4, -0.2) is 94.3 Å². The number of imidazole rings is 1. The number of H-pyrrole nitrogens is 1. The smallest absolute Gasteiger partial charge is 0.303 e. The molecule has 0 aromatic carbocycles. The Morgan fingerprint density at radius 1 is 0.702 bits per heavy atom. The molecule has 1 rings (SSSR count). The minimum atomic E-state index is -1.35. The summed E-state index contributed by atoms with van der Waals surface area (Å²) in [5, 5.41) is 22.7. The van der Waals surface area contributed by atoms with Gasteiger partial charge in [-0.15, -0.1) is 0 Å². The number of carbonyl (C=O) groups excluding carboxylic acids is 5. The number of amides is 5. The SMILES string of the molecule is CCCCCCCCCCCCCCCC(=O)N[C@@H](CC(C)C)C(=O)N[C@@H](CCC(=O)O)C(=O)N[C@@H](CCCN=C(N)N)C(=O)N[C@@H](Cc1cnc[nH]1)C(=O)NC. The molecule has 0 saturated heterocycles. The Balaban J connectivity index is 2.91. The van der Waals surface area contributed by atoms with Crippen LogP contribution in [0.5, 0.6) is 0 Å². The molecule has 57 heavy (non-hydrogen) atoms. The van der Waals surface area contributed by atoms with Crippen molar-refractivity contribution in [1.82, 2.24) is 36.6 Å². The standard InChI is InChI=1S/C40H72N10O7/c1-5-6-7-8-9-10-11-12-13-14-15-16-17-20-34(51)47-32(24-28(2)3)39(57)49-31(21-22-35(52)53)38(56)48-30(19-18-23-45-40(41)42)37(55)50-33(36(54)43-4)25-29-26-44-27-46-29/h26-28,30-33H,5-25H2,1-4H3,(H,43,54)(H,44,46)(H,47,51)(H,48,56)(H,49,57)(H,50,55)(H,52,53)(H4,41,42,45)/t30-,31-,32-,33-/m0/s1. The summed E-state index contributed by atoms with van der Waals surface area (Å²) in [6.07, 6.45) is 18.5. The van der Waals surface area contributed by atoms with Gasteiger partial charge in [-0.1, -0.05) is 97.8 Å². The monoisotopic (exact) mass is 805 g/mol. The van der Waals surface area contributed by atoms with E-state index in [1.54, 1.807) is 0 Å². The highest BCUT2D eigenvalue weighted by Gasteiger charge is 2.32. The highest BCUT2D eigenvalue weighted by Crippen LogP contribution is 2.14. The zero-order chi connectivity index (χ0) is 42.4. The summed E-state index contributed by atoms with van der Waals surface area (Å²) in [5.74, 6) is -4.22. The van der Waals surface area contributed by atoms with Crippen LogP contribution in [0.15, 0.2) is 17.5 Å². The van der Waals surface area contributed by atoms with E-state index in [1.807, 2.05) is 13.8 Å². The number of unbranched alkanes of at least 4 members (excludes halogenated alkanes) is 12. The Kier molecular flexibility index (Phi) is 26.9. The van der Waals surface area contributed by atoms with Crippen molar-refractivity contribution in [3.05, 3.63) is 18.2 Å². The fourth-order valence-corrected chi connectivity index (χ4v) is 6.40. The van der Waals surface area contributed by atoms with Crippen molar-refractivity contribution in [2.45, 2.75) is 173 Å². The molecule has 1 heterocycles. The summed E-state index contributed by atoms with van der Waals surface area (Å²) in [4.78, 5) is 89.0. The van der Waals surface area contributed by atoms with Gasteiger partial charge in [-0.05, 0) is 38.0 Å². The van der Waals surface area contributed by atoms with E-state index in [-0.39, 0.29) is 62.9 Å². The molecule has 0 radical (unpaired) electrons. The second kappa shape index (κ2) is 30.4. The Bertz CT molecular complexity index is 1350. The molecule has 0 saturated carbocycles. The molecule has 5 amide bonds. The molecule has 0 fully saturated rings. The molecule has 1 aromatic rings. The van der Waals surface area contributed by atoms with Gasteiger partial charge in [0.2, 0.25) is 29.5 Å². The van der Waals surface area contributed by atoms with E-state index in [4.69, 9.17) is 11.5 Å². The summed E-state index contributed by atoms with van der Waals surface area (Å²) in [7, 11) is 1.42. The van der Waals surface area contributed by atoms with E-state index < -0.39 is 60.2 Å². The van der Waals surface area contributed by atoms with Gasteiger partial charge in [0.05, 0.1) is 6.33 Å². The normalized spacial score (nSPS) is 13.1. The number of likely N-dealkylation sites (N-methyl/N-ethyl adjacent to an activating group) is 1. The van der Waals surface area contributed by atoms with E-state index >= 15 is 0 Å². The van der Waals surface area contributed by atoms with E-state index in [1.165, 1.54) is 77.4 Å². The summed E-state index contributed by atoms with van der Waals surface area (Å²) in [6, 6.07) is -4.55. The predicted octanol–water partition coefficient (Wildman–Crippen LogP) is 3.08. The van der Waals surface area contributed by atoms with Gasteiger partial charge in [0.1, 0.15) is 24.2 Å². The number of rotatable bonds is 33. The van der Waals surface area contributed by atoms with Crippen LogP contribution in [0.1, 0.15) is 148 Å². The number of aromatic amines is 1. The first-order chi connectivity index (χ1) is 27.3. The zero-order valence-corrected chi connectivity index (χ0v) is 34.8. The van der Waals surface area contributed by atoms with Crippen LogP contribution in [0, 0.1) is 5.92 Å². The zero-order valence-electron chi connectivity index (χ0n) is 34.8. The number of nitrogens with zero attached hydrogens (tertiary/aromatic N) is 2. The second-order valence-electron chi connectivity index (χ2n) is 15.2. The summed E-state index contributed by atoms with van der Waals surface area (Å²) in [6.45, 7) is 6.17. The number of aromatic nitrogens is 2. The molecule has 324 valence electrons. The van der Waals surface area contributed by atoms with Crippen LogP contribution in [0.25, 0.3) is 0 Å². The lowest BCUT2D eigenvalue weighted by Gasteiger charge is -2.26. The minimum absolute atomic E-state index is 0.0111. The van der Waals surface area contributed by atoms with Crippen LogP contribution >= 0.6 is 0 Å². The maximum Gasteiger partial charge on any atom is 0.303 e. The van der Waals surface area contributed by atoms with Gasteiger partial charge in [-0.2, -0.15) is 0 Å². The molecule has 0 spiro atoms. The highest BCUT2D eigenvalue weighted by atomic mass is 16.4. The molecule has 11 N–H and O–H groups in total. The average Bonchev–Trinajstić information content (AvgIpc) is 3.68. The molecular formula is C40H72N10O7. The quantitative estimate of drug-likeness (QED) is 0.0285. The number of guanidine groups is 1. The maximum atomic E-state index is 13.7. The first kappa shape index (κ1) is 50.3. The Morgan fingerprint density at radius 2 is 1.23 bits per heavy atom. The van der Waals surface area contributed by atoms with Gasteiger partial charge >= 0.3 is 5.97 Å². The molecule has 17 nitrogen and oxygen atoms in total. The minimum Gasteiger partial charge on any atom is -0.481 e. The van der Waals surface area contributed by atoms with Crippen LogP contribution in [0.3, 0.4) is 0 Å². The van der Waals surface area contributed by atoms with Crippen molar-refractivity contribution in [3.63, 3.8) is 0 Å². The van der Waals surface area contributed by atoms with Crippen molar-refractivity contribution in [2.24, 2.45) is 22.4 Å². The Hall–Kier alpha value is -4.70. The molecule has 0 unspecified atom stereocenters. The maximum absolute atomic E-state index is 13.7. The molecule has 0 aliphatic heterocycles. The van der Waals surface area contributed by atoms with Crippen LogP contribution < -0.4 is 38.1 Å². The van der Waals surface area contributed by atoms with Crippen LogP contribution in [-0.2, 0) is 35.2 Å². The van der Waals surface area contributed by atoms with Gasteiger partial charge in [0, 0.05) is 44.7 Å². The molecule has 0 aliphatic carbocycles. The Labute approximate surface area is 338 Å². The fraction of sp³-hybridized carbons (Fsp3) is 0.750. The summed E-state index contributed by atoms with van der Waals surface area (Å²) >= 11 is 0. The summed E-state index contributed by atoms with van der Waals surface area (Å²) < 4.78 is 0. The number of aliphatic carboxylic acids is 1. The van der Waals surface area contributed by atoms with Crippen molar-refractivity contribution in [3.8, 4) is 0 Å².